The predicted octanol–water partition coefficient (Wildman–Crippen LogP) is 3.27. The molecule has 0 unspecified atom stereocenters. The van der Waals surface area contributed by atoms with E-state index >= 15 is 0 Å². The number of anilines is 1. The van der Waals surface area contributed by atoms with Gasteiger partial charge in [0.1, 0.15) is 5.75 Å². The molecule has 0 saturated carbocycles. The average Bonchev–Trinajstić information content (AvgIpc) is 2.41. The standard InChI is InChI=1S/C13H12F6INO5S/c1-21(2)9-4-3-7(5-8(9)20)10(22)26-11(12(14,15)16,13(17,18)19)6-27(23,24)25/h3-5H,6H2,1-2H3,(H,23,24,25). The zero-order chi connectivity index (χ0) is 21.4. The number of carbonyl (C=O) groups is 1. The third-order valence-corrected chi connectivity index (χ3v) is 4.87. The molecule has 1 rings (SSSR count). The molecule has 1 aromatic carbocycles. The lowest BCUT2D eigenvalue weighted by molar-refractivity contribution is -0.356. The van der Waals surface area contributed by atoms with Crippen molar-refractivity contribution >= 4 is 44.4 Å². The summed E-state index contributed by atoms with van der Waals surface area (Å²) in [5.41, 5.74) is -5.59. The van der Waals surface area contributed by atoms with Crippen LogP contribution < -0.4 is 4.90 Å². The fourth-order valence-electron chi connectivity index (χ4n) is 1.94. The van der Waals surface area contributed by atoms with Gasteiger partial charge in [-0.1, -0.05) is 0 Å². The minimum atomic E-state index is -6.37. The summed E-state index contributed by atoms with van der Waals surface area (Å²) in [6, 6.07) is 3.15. The van der Waals surface area contributed by atoms with E-state index in [1.165, 1.54) is 6.07 Å². The molecule has 0 fully saturated rings. The first-order valence-electron chi connectivity index (χ1n) is 6.70. The van der Waals surface area contributed by atoms with Gasteiger partial charge in [0.05, 0.1) is 5.56 Å². The topological polar surface area (TPSA) is 83.9 Å². The molecular formula is C13H12F6INO5S. The van der Waals surface area contributed by atoms with Crippen molar-refractivity contribution in [1.82, 2.24) is 0 Å². The van der Waals surface area contributed by atoms with Gasteiger partial charge in [-0.15, -0.1) is 0 Å². The fraction of sp³-hybridized carbons (Fsp3) is 0.462. The summed E-state index contributed by atoms with van der Waals surface area (Å²) in [7, 11) is -2.61. The Bertz CT molecular complexity index is 807. The van der Waals surface area contributed by atoms with Crippen LogP contribution in [0.15, 0.2) is 18.2 Å². The lowest BCUT2D eigenvalue weighted by Crippen LogP contribution is -2.63. The number of ether oxygens (including phenoxy) is 1. The number of hydrogen-bond acceptors (Lipinski definition) is 5. The van der Waals surface area contributed by atoms with Crippen molar-refractivity contribution in [2.24, 2.45) is 0 Å². The van der Waals surface area contributed by atoms with Crippen molar-refractivity contribution in [2.45, 2.75) is 18.0 Å². The molecule has 0 atom stereocenters. The van der Waals surface area contributed by atoms with Gasteiger partial charge in [-0.05, 0) is 40.8 Å². The van der Waals surface area contributed by atoms with Crippen LogP contribution in [0.2, 0.25) is 0 Å². The van der Waals surface area contributed by atoms with Crippen LogP contribution in [0.4, 0.5) is 32.0 Å². The Morgan fingerprint density at radius 3 is 1.96 bits per heavy atom. The molecule has 0 radical (unpaired) electrons. The van der Waals surface area contributed by atoms with Gasteiger partial charge in [0.2, 0.25) is 0 Å². The SMILES string of the molecule is CN(C)c1ccc(C(=O)OC(CS(=O)(=O)O)(C(F)(F)F)C(F)(F)F)cc1I. The highest BCUT2D eigenvalue weighted by Crippen LogP contribution is 2.47. The van der Waals surface area contributed by atoms with Crippen LogP contribution in [0, 0.1) is 3.57 Å². The Labute approximate surface area is 163 Å². The molecule has 1 N–H and O–H groups in total. The van der Waals surface area contributed by atoms with E-state index in [0.717, 1.165) is 12.1 Å². The zero-order valence-electron chi connectivity index (χ0n) is 13.5. The molecule has 27 heavy (non-hydrogen) atoms. The van der Waals surface area contributed by atoms with E-state index in [1.54, 1.807) is 41.6 Å². The van der Waals surface area contributed by atoms with Crippen LogP contribution in [0.3, 0.4) is 0 Å². The number of alkyl halides is 6. The van der Waals surface area contributed by atoms with E-state index in [-0.39, 0.29) is 0 Å². The first kappa shape index (κ1) is 23.7. The third-order valence-electron chi connectivity index (χ3n) is 3.23. The summed E-state index contributed by atoms with van der Waals surface area (Å²) in [5.74, 6) is -4.98. The number of benzene rings is 1. The molecule has 6 nitrogen and oxygen atoms in total. The minimum absolute atomic E-state index is 0.312. The quantitative estimate of drug-likeness (QED) is 0.270. The van der Waals surface area contributed by atoms with E-state index in [1.807, 2.05) is 0 Å². The van der Waals surface area contributed by atoms with Crippen molar-refractivity contribution in [3.05, 3.63) is 27.3 Å². The molecule has 0 aliphatic rings. The number of halogens is 7. The largest absolute Gasteiger partial charge is 0.438 e. The smallest absolute Gasteiger partial charge is 0.435 e. The lowest BCUT2D eigenvalue weighted by Gasteiger charge is -2.35. The second-order valence-corrected chi connectivity index (χ2v) is 8.11. The van der Waals surface area contributed by atoms with Crippen molar-refractivity contribution in [1.29, 1.82) is 0 Å². The molecular weight excluding hydrogens is 523 g/mol. The summed E-state index contributed by atoms with van der Waals surface area (Å²) in [5, 5.41) is 0. The van der Waals surface area contributed by atoms with Crippen LogP contribution in [0.5, 0.6) is 0 Å². The van der Waals surface area contributed by atoms with Crippen LogP contribution >= 0.6 is 22.6 Å². The highest BCUT2D eigenvalue weighted by atomic mass is 127. The second-order valence-electron chi connectivity index (χ2n) is 5.50. The molecule has 0 saturated heterocycles. The van der Waals surface area contributed by atoms with Crippen molar-refractivity contribution in [2.75, 3.05) is 24.7 Å². The van der Waals surface area contributed by atoms with E-state index in [9.17, 15) is 39.6 Å². The Balaban J connectivity index is 3.46. The van der Waals surface area contributed by atoms with Gasteiger partial charge in [0, 0.05) is 23.4 Å². The molecule has 0 aliphatic heterocycles. The summed E-state index contributed by atoms with van der Waals surface area (Å²) in [6.07, 6.45) is -12.7. The monoisotopic (exact) mass is 535 g/mol. The van der Waals surface area contributed by atoms with Crippen LogP contribution in [-0.4, -0.2) is 56.7 Å². The van der Waals surface area contributed by atoms with Crippen LogP contribution in [-0.2, 0) is 14.9 Å². The van der Waals surface area contributed by atoms with Crippen molar-refractivity contribution in [3.8, 4) is 0 Å². The highest BCUT2D eigenvalue weighted by molar-refractivity contribution is 14.1. The van der Waals surface area contributed by atoms with Crippen LogP contribution in [0.1, 0.15) is 10.4 Å². The highest BCUT2D eigenvalue weighted by Gasteiger charge is 2.76. The number of nitrogens with zero attached hydrogens (tertiary/aromatic N) is 1. The molecule has 1 aromatic rings. The molecule has 0 bridgehead atoms. The van der Waals surface area contributed by atoms with E-state index in [0.29, 0.717) is 9.26 Å². The Hall–Kier alpha value is -1.29. The van der Waals surface area contributed by atoms with E-state index < -0.39 is 45.4 Å². The van der Waals surface area contributed by atoms with Gasteiger partial charge < -0.3 is 9.64 Å². The van der Waals surface area contributed by atoms with Gasteiger partial charge in [-0.25, -0.2) is 4.79 Å². The third kappa shape index (κ3) is 5.37. The molecule has 0 aliphatic carbocycles. The summed E-state index contributed by atoms with van der Waals surface area (Å²) < 4.78 is 113. The summed E-state index contributed by atoms with van der Waals surface area (Å²) >= 11 is 1.70. The van der Waals surface area contributed by atoms with E-state index in [4.69, 9.17) is 4.55 Å². The summed E-state index contributed by atoms with van der Waals surface area (Å²) in [6.45, 7) is 0. The van der Waals surface area contributed by atoms with Gasteiger partial charge >= 0.3 is 23.9 Å². The lowest BCUT2D eigenvalue weighted by atomic mass is 10.1. The van der Waals surface area contributed by atoms with Crippen molar-refractivity contribution in [3.63, 3.8) is 0 Å². The van der Waals surface area contributed by atoms with Crippen molar-refractivity contribution < 1.29 is 48.8 Å². The summed E-state index contributed by atoms with van der Waals surface area (Å²) in [4.78, 5) is 13.5. The maximum absolute atomic E-state index is 13.1. The first-order chi connectivity index (χ1) is 11.9. The van der Waals surface area contributed by atoms with E-state index in [2.05, 4.69) is 4.74 Å². The first-order valence-corrected chi connectivity index (χ1v) is 9.39. The predicted molar refractivity (Wildman–Crippen MR) is 90.2 cm³/mol. The average molecular weight is 535 g/mol. The number of hydrogen-bond donors (Lipinski definition) is 1. The van der Waals surface area contributed by atoms with Gasteiger partial charge in [-0.3, -0.25) is 4.55 Å². The van der Waals surface area contributed by atoms with Crippen LogP contribution in [0.25, 0.3) is 0 Å². The minimum Gasteiger partial charge on any atom is -0.435 e. The van der Waals surface area contributed by atoms with Gasteiger partial charge in [0.25, 0.3) is 10.1 Å². The van der Waals surface area contributed by atoms with Gasteiger partial charge in [0.15, 0.2) is 0 Å². The normalized spacial score (nSPS) is 13.4. The Morgan fingerprint density at radius 2 is 1.63 bits per heavy atom. The molecule has 154 valence electrons. The number of esters is 1. The zero-order valence-corrected chi connectivity index (χ0v) is 16.5. The second kappa shape index (κ2) is 7.62. The molecule has 14 heteroatoms. The molecule has 0 amide bonds. The van der Waals surface area contributed by atoms with Gasteiger partial charge in [-0.2, -0.15) is 34.8 Å². The number of rotatable bonds is 5. The molecule has 0 spiro atoms. The molecule has 0 heterocycles. The number of carbonyl (C=O) groups excluding carboxylic acids is 1. The maximum Gasteiger partial charge on any atom is 0.438 e. The Morgan fingerprint density at radius 1 is 1.15 bits per heavy atom. The molecule has 0 aromatic heterocycles. The maximum atomic E-state index is 13.1. The Kier molecular flexibility index (Phi) is 6.70. The fourth-order valence-corrected chi connectivity index (χ4v) is 3.84.